The third-order valence-corrected chi connectivity index (χ3v) is 13.8. The summed E-state index contributed by atoms with van der Waals surface area (Å²) in [7, 11) is 0. The van der Waals surface area contributed by atoms with Crippen molar-refractivity contribution >= 4 is 59.6 Å². The van der Waals surface area contributed by atoms with E-state index in [-0.39, 0.29) is 5.41 Å². The molecule has 0 bridgehead atoms. The quantitative estimate of drug-likeness (QED) is 0.159. The van der Waals surface area contributed by atoms with Crippen LogP contribution in [0.2, 0.25) is 0 Å². The van der Waals surface area contributed by atoms with Gasteiger partial charge >= 0.3 is 0 Å². The molecule has 0 N–H and O–H groups in total. The van der Waals surface area contributed by atoms with Crippen molar-refractivity contribution in [3.05, 3.63) is 221 Å². The zero-order chi connectivity index (χ0) is 37.0. The van der Waals surface area contributed by atoms with Crippen molar-refractivity contribution in [2.24, 2.45) is 0 Å². The molecule has 0 atom stereocenters. The molecule has 1 spiro atoms. The summed E-state index contributed by atoms with van der Waals surface area (Å²) in [5.74, 6) is 0. The number of hydrogen-bond donors (Lipinski definition) is 0. The molecule has 0 unspecified atom stereocenters. The predicted octanol–water partition coefficient (Wildman–Crippen LogP) is 14.2. The van der Waals surface area contributed by atoms with Crippen molar-refractivity contribution in [2.75, 3.05) is 0 Å². The maximum atomic E-state index is 2.56. The second kappa shape index (κ2) is 10.5. The highest BCUT2D eigenvalue weighted by Crippen LogP contribution is 2.64. The number of rotatable bonds is 1. The van der Waals surface area contributed by atoms with Crippen molar-refractivity contribution in [3.63, 3.8) is 0 Å². The Labute approximate surface area is 329 Å². The van der Waals surface area contributed by atoms with E-state index < -0.39 is 0 Å². The van der Waals surface area contributed by atoms with E-state index in [1.54, 1.807) is 0 Å². The summed E-state index contributed by atoms with van der Waals surface area (Å²) in [6.45, 7) is 0. The van der Waals surface area contributed by atoms with Gasteiger partial charge < -0.3 is 4.40 Å². The molecule has 3 aliphatic carbocycles. The average Bonchev–Trinajstić information content (AvgIpc) is 4.00. The topological polar surface area (TPSA) is 4.41 Å². The van der Waals surface area contributed by atoms with Crippen LogP contribution in [0, 0.1) is 0 Å². The number of para-hydroxylation sites is 2. The van der Waals surface area contributed by atoms with Gasteiger partial charge in [-0.2, -0.15) is 0 Å². The number of aromatic nitrogens is 1. The zero-order valence-electron chi connectivity index (χ0n) is 31.1. The Morgan fingerprint density at radius 1 is 0.351 bits per heavy atom. The zero-order valence-corrected chi connectivity index (χ0v) is 31.1. The van der Waals surface area contributed by atoms with Crippen LogP contribution in [-0.2, 0) is 11.8 Å². The van der Waals surface area contributed by atoms with Crippen LogP contribution in [0.5, 0.6) is 0 Å². The summed E-state index contributed by atoms with van der Waals surface area (Å²) >= 11 is 0. The lowest BCUT2D eigenvalue weighted by Crippen LogP contribution is -2.25. The summed E-state index contributed by atoms with van der Waals surface area (Å²) < 4.78 is 2.56. The molecule has 2 heterocycles. The van der Waals surface area contributed by atoms with Crippen LogP contribution in [0.1, 0.15) is 33.4 Å². The summed E-state index contributed by atoms with van der Waals surface area (Å²) in [5.41, 5.74) is 19.5. The molecular formula is C56H33N. The van der Waals surface area contributed by atoms with Gasteiger partial charge in [-0.05, 0) is 113 Å². The molecule has 14 rings (SSSR count). The van der Waals surface area contributed by atoms with Gasteiger partial charge in [-0.3, -0.25) is 0 Å². The van der Waals surface area contributed by atoms with E-state index in [9.17, 15) is 0 Å². The van der Waals surface area contributed by atoms with Crippen LogP contribution >= 0.6 is 0 Å². The molecular weight excluding hydrogens is 687 g/mol. The van der Waals surface area contributed by atoms with Crippen LogP contribution in [-0.4, -0.2) is 4.40 Å². The molecule has 3 aliphatic rings. The smallest absolute Gasteiger partial charge is 0.0725 e. The predicted molar refractivity (Wildman–Crippen MR) is 238 cm³/mol. The van der Waals surface area contributed by atoms with Gasteiger partial charge in [0, 0.05) is 21.5 Å². The van der Waals surface area contributed by atoms with Crippen LogP contribution in [0.4, 0.5) is 0 Å². The maximum absolute atomic E-state index is 2.56. The molecule has 9 aromatic carbocycles. The summed E-state index contributed by atoms with van der Waals surface area (Å²) in [4.78, 5) is 0. The third-order valence-electron chi connectivity index (χ3n) is 13.8. The van der Waals surface area contributed by atoms with Gasteiger partial charge in [0.2, 0.25) is 0 Å². The highest BCUT2D eigenvalue weighted by atomic mass is 14.9. The van der Waals surface area contributed by atoms with Gasteiger partial charge in [0.15, 0.2) is 0 Å². The van der Waals surface area contributed by atoms with Crippen LogP contribution in [0.15, 0.2) is 188 Å². The minimum Gasteiger partial charge on any atom is -0.308 e. The monoisotopic (exact) mass is 719 g/mol. The molecule has 0 radical (unpaired) electrons. The highest BCUT2D eigenvalue weighted by molar-refractivity contribution is 6.27. The van der Waals surface area contributed by atoms with E-state index in [0.29, 0.717) is 0 Å². The van der Waals surface area contributed by atoms with Crippen molar-refractivity contribution in [1.29, 1.82) is 0 Å². The van der Waals surface area contributed by atoms with Crippen LogP contribution in [0.25, 0.3) is 93.0 Å². The third kappa shape index (κ3) is 3.53. The lowest BCUT2D eigenvalue weighted by Gasteiger charge is -2.30. The normalized spacial score (nSPS) is 14.0. The summed E-state index contributed by atoms with van der Waals surface area (Å²) in [5, 5.41) is 10.5. The van der Waals surface area contributed by atoms with Crippen molar-refractivity contribution in [2.45, 2.75) is 11.8 Å². The second-order valence-corrected chi connectivity index (χ2v) is 16.3. The minimum absolute atomic E-state index is 0.367. The Bertz CT molecular complexity index is 3630. The Hall–Kier alpha value is -7.22. The van der Waals surface area contributed by atoms with E-state index in [1.165, 1.54) is 126 Å². The summed E-state index contributed by atoms with van der Waals surface area (Å²) in [6.07, 6.45) is 0.972. The Morgan fingerprint density at radius 2 is 0.842 bits per heavy atom. The van der Waals surface area contributed by atoms with Gasteiger partial charge in [0.25, 0.3) is 0 Å². The Kier molecular flexibility index (Phi) is 5.56. The first-order valence-corrected chi connectivity index (χ1v) is 20.2. The molecule has 0 aliphatic heterocycles. The molecule has 0 fully saturated rings. The van der Waals surface area contributed by atoms with Crippen molar-refractivity contribution in [3.8, 4) is 33.4 Å². The molecule has 1 heteroatoms. The van der Waals surface area contributed by atoms with E-state index in [4.69, 9.17) is 0 Å². The fourth-order valence-corrected chi connectivity index (χ4v) is 11.7. The Morgan fingerprint density at radius 3 is 1.58 bits per heavy atom. The van der Waals surface area contributed by atoms with Gasteiger partial charge in [-0.1, -0.05) is 170 Å². The molecule has 57 heavy (non-hydrogen) atoms. The van der Waals surface area contributed by atoms with E-state index in [2.05, 4.69) is 192 Å². The molecule has 1 nitrogen and oxygen atoms in total. The fraction of sp³-hybridized carbons (Fsp3) is 0.0357. The Balaban J connectivity index is 1.12. The van der Waals surface area contributed by atoms with E-state index >= 15 is 0 Å². The second-order valence-electron chi connectivity index (χ2n) is 16.3. The molecule has 2 aromatic heterocycles. The van der Waals surface area contributed by atoms with Crippen LogP contribution < -0.4 is 0 Å². The fourth-order valence-electron chi connectivity index (χ4n) is 11.7. The first kappa shape index (κ1) is 30.1. The largest absolute Gasteiger partial charge is 0.308 e. The number of hydrogen-bond acceptors (Lipinski definition) is 0. The van der Waals surface area contributed by atoms with Gasteiger partial charge in [0.1, 0.15) is 0 Å². The van der Waals surface area contributed by atoms with Gasteiger partial charge in [-0.15, -0.1) is 0 Å². The van der Waals surface area contributed by atoms with Gasteiger partial charge in [0.05, 0.1) is 22.0 Å². The maximum Gasteiger partial charge on any atom is 0.0725 e. The average molecular weight is 720 g/mol. The lowest BCUT2D eigenvalue weighted by molar-refractivity contribution is 0.794. The lowest BCUT2D eigenvalue weighted by atomic mass is 9.70. The molecule has 262 valence electrons. The standard InChI is InChI=1S/C56H33N/c1-5-24-46-37(15-1)38-16-2-6-25-47(38)56(46)48-26-7-3-18-44(48)54-36(19-12-27-49(54)56)33-29-30-51-45(32-33)43-23-11-22-42-41-21-10-14-35-31-34-13-9-20-40(52(34)53(35)41)39-17-4-8-28-50(39)57(51)55(42)43/h1-30,32H,31H2. The molecule has 0 saturated carbocycles. The van der Waals surface area contributed by atoms with Crippen molar-refractivity contribution < 1.29 is 0 Å². The number of benzene rings is 9. The molecule has 0 amide bonds. The van der Waals surface area contributed by atoms with E-state index in [1.807, 2.05) is 0 Å². The molecule has 11 aromatic rings. The van der Waals surface area contributed by atoms with Gasteiger partial charge in [-0.25, -0.2) is 0 Å². The van der Waals surface area contributed by atoms with Crippen molar-refractivity contribution in [1.82, 2.24) is 4.40 Å². The number of fused-ring (bicyclic) bond motifs is 17. The first-order chi connectivity index (χ1) is 28.3. The summed E-state index contributed by atoms with van der Waals surface area (Å²) in [6, 6.07) is 71.5. The molecule has 0 saturated heterocycles. The first-order valence-electron chi connectivity index (χ1n) is 20.2. The highest BCUT2D eigenvalue weighted by Gasteiger charge is 2.51. The number of nitrogens with zero attached hydrogens (tertiary/aromatic N) is 1. The van der Waals surface area contributed by atoms with E-state index in [0.717, 1.165) is 6.42 Å². The van der Waals surface area contributed by atoms with Crippen LogP contribution in [0.3, 0.4) is 0 Å². The minimum atomic E-state index is -0.367. The SMILES string of the molecule is c1ccc2c(c1)-c1ccccc1C21c2ccccc2-c2c(-c3ccc4c(c3)c3cccc5c6cccc7c6c6c(cccc6c6ccccc6n4c53)C7)cccc21.